The number of hydrogen-bond acceptors (Lipinski definition) is 4. The van der Waals surface area contributed by atoms with Crippen molar-refractivity contribution in [3.05, 3.63) is 58.4 Å². The Labute approximate surface area is 155 Å². The van der Waals surface area contributed by atoms with Gasteiger partial charge in [0.05, 0.1) is 18.5 Å². The van der Waals surface area contributed by atoms with Crippen molar-refractivity contribution in [1.82, 2.24) is 14.8 Å². The summed E-state index contributed by atoms with van der Waals surface area (Å²) in [6.45, 7) is 4.28. The third kappa shape index (κ3) is 2.82. The number of esters is 1. The average molecular weight is 365 g/mol. The van der Waals surface area contributed by atoms with Gasteiger partial charge in [0.1, 0.15) is 10.7 Å². The Balaban J connectivity index is 1.80. The Hall–Kier alpha value is -2.86. The summed E-state index contributed by atoms with van der Waals surface area (Å²) >= 11 is 1.49. The molecule has 0 aliphatic carbocycles. The van der Waals surface area contributed by atoms with Gasteiger partial charge in [0.2, 0.25) is 0 Å². The molecule has 0 radical (unpaired) electrons. The van der Waals surface area contributed by atoms with Gasteiger partial charge in [-0.2, -0.15) is 5.10 Å². The summed E-state index contributed by atoms with van der Waals surface area (Å²) in [6.07, 6.45) is 2.62. The van der Waals surface area contributed by atoms with Gasteiger partial charge in [0.25, 0.3) is 0 Å². The van der Waals surface area contributed by atoms with Crippen LogP contribution in [0.5, 0.6) is 0 Å². The Morgan fingerprint density at radius 3 is 2.85 bits per heavy atom. The van der Waals surface area contributed by atoms with E-state index in [0.717, 1.165) is 39.3 Å². The summed E-state index contributed by atoms with van der Waals surface area (Å²) in [4.78, 5) is 17.3. The standard InChI is InChI=1S/C20H19N3O2S/c1-3-17-14(12-18(26-17)20(24)25-4-2)16-9-10-21-23(16)19-11-13-7-5-6-8-15(13)22-19/h5-12,22H,3-4H2,1-2H3. The predicted molar refractivity (Wildman–Crippen MR) is 104 cm³/mol. The van der Waals surface area contributed by atoms with Crippen molar-refractivity contribution < 1.29 is 9.53 Å². The van der Waals surface area contributed by atoms with Crippen molar-refractivity contribution in [3.63, 3.8) is 0 Å². The molecule has 0 aliphatic heterocycles. The molecule has 0 unspecified atom stereocenters. The van der Waals surface area contributed by atoms with Gasteiger partial charge in [-0.05, 0) is 37.6 Å². The first-order valence-electron chi connectivity index (χ1n) is 8.63. The molecule has 4 rings (SSSR count). The maximum Gasteiger partial charge on any atom is 0.348 e. The lowest BCUT2D eigenvalue weighted by molar-refractivity contribution is 0.0532. The van der Waals surface area contributed by atoms with E-state index in [1.54, 1.807) is 6.20 Å². The highest BCUT2D eigenvalue weighted by Gasteiger charge is 2.19. The Bertz CT molecular complexity index is 1040. The number of fused-ring (bicyclic) bond motifs is 1. The molecule has 26 heavy (non-hydrogen) atoms. The third-order valence-electron chi connectivity index (χ3n) is 4.27. The van der Waals surface area contributed by atoms with E-state index in [-0.39, 0.29) is 5.97 Å². The quantitative estimate of drug-likeness (QED) is 0.516. The molecule has 3 heterocycles. The fourth-order valence-corrected chi connectivity index (χ4v) is 4.08. The van der Waals surface area contributed by atoms with Crippen LogP contribution in [0.25, 0.3) is 28.0 Å². The SMILES string of the molecule is CCOC(=O)c1cc(-c2ccnn2-c2cc3ccccc3[nH]2)c(CC)s1. The molecule has 1 aromatic carbocycles. The number of carbonyl (C=O) groups excluding carboxylic acids is 1. The van der Waals surface area contributed by atoms with Gasteiger partial charge in [0.15, 0.2) is 0 Å². The normalized spacial score (nSPS) is 11.2. The number of nitrogens with one attached hydrogen (secondary N) is 1. The molecule has 0 fully saturated rings. The summed E-state index contributed by atoms with van der Waals surface area (Å²) < 4.78 is 7.04. The molecule has 6 heteroatoms. The molecular weight excluding hydrogens is 346 g/mol. The number of benzene rings is 1. The fraction of sp³-hybridized carbons (Fsp3) is 0.200. The minimum atomic E-state index is -0.268. The van der Waals surface area contributed by atoms with E-state index in [9.17, 15) is 4.79 Å². The summed E-state index contributed by atoms with van der Waals surface area (Å²) in [6, 6.07) is 14.1. The minimum absolute atomic E-state index is 0.268. The topological polar surface area (TPSA) is 59.9 Å². The number of carbonyl (C=O) groups is 1. The van der Waals surface area contributed by atoms with Gasteiger partial charge in [-0.15, -0.1) is 11.3 Å². The second kappa shape index (κ2) is 6.80. The summed E-state index contributed by atoms with van der Waals surface area (Å²) in [7, 11) is 0. The van der Waals surface area contributed by atoms with Gasteiger partial charge < -0.3 is 9.72 Å². The van der Waals surface area contributed by atoms with Crippen molar-refractivity contribution in [3.8, 4) is 17.1 Å². The number of hydrogen-bond donors (Lipinski definition) is 1. The van der Waals surface area contributed by atoms with Crippen LogP contribution in [-0.4, -0.2) is 27.3 Å². The number of aryl methyl sites for hydroxylation is 1. The van der Waals surface area contributed by atoms with Gasteiger partial charge in [-0.3, -0.25) is 0 Å². The first-order chi connectivity index (χ1) is 12.7. The molecule has 0 amide bonds. The number of aromatic amines is 1. The lowest BCUT2D eigenvalue weighted by Gasteiger charge is -2.05. The molecule has 0 aliphatic rings. The number of H-pyrrole nitrogens is 1. The van der Waals surface area contributed by atoms with Gasteiger partial charge in [-0.25, -0.2) is 9.48 Å². The first kappa shape index (κ1) is 16.6. The van der Waals surface area contributed by atoms with Gasteiger partial charge in [-0.1, -0.05) is 25.1 Å². The number of rotatable bonds is 5. The Morgan fingerprint density at radius 1 is 1.23 bits per heavy atom. The van der Waals surface area contributed by atoms with E-state index in [1.165, 1.54) is 11.3 Å². The van der Waals surface area contributed by atoms with Crippen molar-refractivity contribution in [2.75, 3.05) is 6.61 Å². The molecule has 0 spiro atoms. The number of aromatic nitrogens is 3. The molecular formula is C20H19N3O2S. The van der Waals surface area contributed by atoms with Crippen molar-refractivity contribution >= 4 is 28.2 Å². The highest BCUT2D eigenvalue weighted by atomic mass is 32.1. The number of nitrogens with zero attached hydrogens (tertiary/aromatic N) is 2. The van der Waals surface area contributed by atoms with Crippen LogP contribution in [0.1, 0.15) is 28.4 Å². The van der Waals surface area contributed by atoms with E-state index in [4.69, 9.17) is 4.74 Å². The van der Waals surface area contributed by atoms with Crippen LogP contribution in [-0.2, 0) is 11.2 Å². The van der Waals surface area contributed by atoms with Crippen molar-refractivity contribution in [2.24, 2.45) is 0 Å². The molecule has 1 N–H and O–H groups in total. The molecule has 0 saturated carbocycles. The van der Waals surface area contributed by atoms with Crippen LogP contribution < -0.4 is 0 Å². The van der Waals surface area contributed by atoms with Crippen LogP contribution in [0.2, 0.25) is 0 Å². The van der Waals surface area contributed by atoms with E-state index in [0.29, 0.717) is 11.5 Å². The van der Waals surface area contributed by atoms with E-state index < -0.39 is 0 Å². The minimum Gasteiger partial charge on any atom is -0.462 e. The Morgan fingerprint density at radius 2 is 2.08 bits per heavy atom. The van der Waals surface area contributed by atoms with Crippen LogP contribution in [0.4, 0.5) is 0 Å². The first-order valence-corrected chi connectivity index (χ1v) is 9.45. The van der Waals surface area contributed by atoms with Crippen LogP contribution in [0.3, 0.4) is 0 Å². The number of ether oxygens (including phenoxy) is 1. The molecule has 5 nitrogen and oxygen atoms in total. The summed E-state index contributed by atoms with van der Waals surface area (Å²) in [5.41, 5.74) is 3.05. The summed E-state index contributed by atoms with van der Waals surface area (Å²) in [5, 5.41) is 5.63. The van der Waals surface area contributed by atoms with Crippen molar-refractivity contribution in [1.29, 1.82) is 0 Å². The highest BCUT2D eigenvalue weighted by molar-refractivity contribution is 7.14. The largest absolute Gasteiger partial charge is 0.462 e. The lowest BCUT2D eigenvalue weighted by Crippen LogP contribution is -2.02. The monoisotopic (exact) mass is 365 g/mol. The smallest absolute Gasteiger partial charge is 0.348 e. The zero-order valence-electron chi connectivity index (χ0n) is 14.7. The fourth-order valence-electron chi connectivity index (χ4n) is 3.08. The predicted octanol–water partition coefficient (Wildman–Crippen LogP) is 4.82. The third-order valence-corrected chi connectivity index (χ3v) is 5.53. The summed E-state index contributed by atoms with van der Waals surface area (Å²) in [5.74, 6) is 0.632. The second-order valence-electron chi connectivity index (χ2n) is 5.89. The average Bonchev–Trinajstić information content (AvgIpc) is 3.37. The van der Waals surface area contributed by atoms with Crippen LogP contribution >= 0.6 is 11.3 Å². The molecule has 0 atom stereocenters. The Kier molecular flexibility index (Phi) is 4.34. The van der Waals surface area contributed by atoms with Crippen LogP contribution in [0.15, 0.2) is 48.7 Å². The lowest BCUT2D eigenvalue weighted by atomic mass is 10.1. The molecule has 0 bridgehead atoms. The molecule has 4 aromatic rings. The molecule has 3 aromatic heterocycles. The van der Waals surface area contributed by atoms with Gasteiger partial charge in [0, 0.05) is 21.3 Å². The maximum atomic E-state index is 12.1. The highest BCUT2D eigenvalue weighted by Crippen LogP contribution is 2.34. The van der Waals surface area contributed by atoms with E-state index in [1.807, 2.05) is 41.9 Å². The van der Waals surface area contributed by atoms with Crippen LogP contribution in [0, 0.1) is 0 Å². The maximum absolute atomic E-state index is 12.1. The van der Waals surface area contributed by atoms with Gasteiger partial charge >= 0.3 is 5.97 Å². The van der Waals surface area contributed by atoms with E-state index in [2.05, 4.69) is 29.1 Å². The zero-order valence-corrected chi connectivity index (χ0v) is 15.5. The number of para-hydroxylation sites is 1. The molecule has 132 valence electrons. The van der Waals surface area contributed by atoms with E-state index >= 15 is 0 Å². The second-order valence-corrected chi connectivity index (χ2v) is 7.03. The van der Waals surface area contributed by atoms with Crippen molar-refractivity contribution in [2.45, 2.75) is 20.3 Å². The number of thiophene rings is 1. The zero-order chi connectivity index (χ0) is 18.1. The molecule has 0 saturated heterocycles.